The van der Waals surface area contributed by atoms with Crippen LogP contribution in [0.4, 0.5) is 5.69 Å². The van der Waals surface area contributed by atoms with Gasteiger partial charge in [-0.3, -0.25) is 0 Å². The maximum absolute atomic E-state index is 11.1. The smallest absolute Gasteiger partial charge is 0.337 e. The van der Waals surface area contributed by atoms with Gasteiger partial charge in [-0.05, 0) is 25.1 Å². The molecule has 1 aromatic carbocycles. The molecule has 1 N–H and O–H groups in total. The second kappa shape index (κ2) is 5.57. The Morgan fingerprint density at radius 1 is 1.62 bits per heavy atom. The molecule has 1 rings (SSSR count). The van der Waals surface area contributed by atoms with Crippen molar-refractivity contribution in [3.63, 3.8) is 0 Å². The Kier molecular flexibility index (Phi) is 4.39. The predicted octanol–water partition coefficient (Wildman–Crippen LogP) is 2.61. The summed E-state index contributed by atoms with van der Waals surface area (Å²) in [7, 11) is 0. The average Bonchev–Trinajstić information content (AvgIpc) is 2.25. The van der Waals surface area contributed by atoms with Crippen molar-refractivity contribution in [1.82, 2.24) is 0 Å². The Labute approximate surface area is 103 Å². The van der Waals surface area contributed by atoms with E-state index in [1.54, 1.807) is 18.2 Å². The minimum atomic E-state index is -0.946. The van der Waals surface area contributed by atoms with Gasteiger partial charge < -0.3 is 10.0 Å². The molecule has 0 aliphatic rings. The normalized spacial score (nSPS) is 9.56. The van der Waals surface area contributed by atoms with Crippen LogP contribution in [0.1, 0.15) is 17.3 Å². The number of carboxylic acid groups (broad SMARTS) is 1. The fraction of sp³-hybridized carbons (Fsp3) is 0.250. The molecular formula is C12H12BrNO2. The summed E-state index contributed by atoms with van der Waals surface area (Å²) in [6, 6.07) is 5.04. The molecule has 16 heavy (non-hydrogen) atoms. The summed E-state index contributed by atoms with van der Waals surface area (Å²) in [4.78, 5) is 12.9. The maximum Gasteiger partial charge on any atom is 0.337 e. The Bertz CT molecular complexity index is 437. The monoisotopic (exact) mass is 281 g/mol. The van der Waals surface area contributed by atoms with Gasteiger partial charge in [0.2, 0.25) is 0 Å². The number of anilines is 1. The first kappa shape index (κ1) is 12.6. The van der Waals surface area contributed by atoms with Gasteiger partial charge in [-0.15, -0.1) is 6.42 Å². The second-order valence-electron chi connectivity index (χ2n) is 3.18. The van der Waals surface area contributed by atoms with E-state index in [9.17, 15) is 4.79 Å². The van der Waals surface area contributed by atoms with Crippen LogP contribution in [0.5, 0.6) is 0 Å². The van der Waals surface area contributed by atoms with E-state index >= 15 is 0 Å². The highest BCUT2D eigenvalue weighted by Gasteiger charge is 2.14. The molecule has 0 aromatic heterocycles. The van der Waals surface area contributed by atoms with Gasteiger partial charge in [0.1, 0.15) is 0 Å². The second-order valence-corrected chi connectivity index (χ2v) is 4.10. The van der Waals surface area contributed by atoms with Crippen molar-refractivity contribution in [1.29, 1.82) is 0 Å². The highest BCUT2D eigenvalue weighted by molar-refractivity contribution is 9.10. The molecule has 0 aliphatic carbocycles. The van der Waals surface area contributed by atoms with Gasteiger partial charge >= 0.3 is 5.97 Å². The molecule has 0 spiro atoms. The molecule has 0 aliphatic heterocycles. The van der Waals surface area contributed by atoms with Gasteiger partial charge in [-0.25, -0.2) is 4.79 Å². The van der Waals surface area contributed by atoms with Crippen LogP contribution in [0, 0.1) is 12.3 Å². The molecule has 4 heteroatoms. The summed E-state index contributed by atoms with van der Waals surface area (Å²) in [5.41, 5.74) is 0.905. The predicted molar refractivity (Wildman–Crippen MR) is 67.8 cm³/mol. The zero-order chi connectivity index (χ0) is 12.1. The summed E-state index contributed by atoms with van der Waals surface area (Å²) < 4.78 is 0.836. The molecular weight excluding hydrogens is 270 g/mol. The number of carboxylic acids is 1. The maximum atomic E-state index is 11.1. The van der Waals surface area contributed by atoms with Crippen LogP contribution in [0.2, 0.25) is 0 Å². The van der Waals surface area contributed by atoms with E-state index in [4.69, 9.17) is 11.5 Å². The van der Waals surface area contributed by atoms with Crippen LogP contribution in [0.25, 0.3) is 0 Å². The summed E-state index contributed by atoms with van der Waals surface area (Å²) >= 11 is 3.32. The molecule has 0 amide bonds. The molecule has 3 nitrogen and oxygen atoms in total. The number of nitrogens with zero attached hydrogens (tertiary/aromatic N) is 1. The fourth-order valence-corrected chi connectivity index (χ4v) is 1.77. The number of halogens is 1. The lowest BCUT2D eigenvalue weighted by atomic mass is 10.1. The van der Waals surface area contributed by atoms with Crippen molar-refractivity contribution >= 4 is 27.6 Å². The first-order valence-electron chi connectivity index (χ1n) is 4.81. The van der Waals surface area contributed by atoms with Gasteiger partial charge in [0, 0.05) is 11.0 Å². The van der Waals surface area contributed by atoms with E-state index in [1.165, 1.54) is 0 Å². The summed E-state index contributed by atoms with van der Waals surface area (Å²) in [6.45, 7) is 3.00. The van der Waals surface area contributed by atoms with Gasteiger partial charge in [0.15, 0.2) is 0 Å². The largest absolute Gasteiger partial charge is 0.478 e. The van der Waals surface area contributed by atoms with Crippen LogP contribution in [0.3, 0.4) is 0 Å². The molecule has 0 saturated carbocycles. The lowest BCUT2D eigenvalue weighted by Crippen LogP contribution is -2.25. The number of carbonyl (C=O) groups is 1. The Morgan fingerprint density at radius 2 is 2.31 bits per heavy atom. The lowest BCUT2D eigenvalue weighted by Gasteiger charge is -2.22. The van der Waals surface area contributed by atoms with E-state index in [0.29, 0.717) is 18.8 Å². The van der Waals surface area contributed by atoms with Crippen molar-refractivity contribution in [2.75, 3.05) is 18.0 Å². The average molecular weight is 282 g/mol. The third-order valence-electron chi connectivity index (χ3n) is 2.19. The van der Waals surface area contributed by atoms with Gasteiger partial charge in [-0.1, -0.05) is 21.9 Å². The van der Waals surface area contributed by atoms with Crippen LogP contribution in [-0.4, -0.2) is 24.2 Å². The number of aromatic carboxylic acids is 1. The van der Waals surface area contributed by atoms with Gasteiger partial charge in [0.05, 0.1) is 17.8 Å². The van der Waals surface area contributed by atoms with E-state index < -0.39 is 5.97 Å². The first-order chi connectivity index (χ1) is 7.60. The molecule has 0 bridgehead atoms. The molecule has 0 fully saturated rings. The van der Waals surface area contributed by atoms with Crippen molar-refractivity contribution in [3.05, 3.63) is 28.2 Å². The molecule has 0 atom stereocenters. The summed E-state index contributed by atoms with van der Waals surface area (Å²) in [5, 5.41) is 9.08. The van der Waals surface area contributed by atoms with Gasteiger partial charge in [0.25, 0.3) is 0 Å². The van der Waals surface area contributed by atoms with Crippen LogP contribution < -0.4 is 4.90 Å². The summed E-state index contributed by atoms with van der Waals surface area (Å²) in [6.07, 6.45) is 5.26. The minimum Gasteiger partial charge on any atom is -0.478 e. The van der Waals surface area contributed by atoms with Crippen molar-refractivity contribution in [2.45, 2.75) is 6.92 Å². The number of terminal acetylenes is 1. The Morgan fingerprint density at radius 3 is 2.81 bits per heavy atom. The third kappa shape index (κ3) is 2.77. The van der Waals surface area contributed by atoms with E-state index in [-0.39, 0.29) is 5.56 Å². The topological polar surface area (TPSA) is 40.5 Å². The van der Waals surface area contributed by atoms with E-state index in [1.807, 2.05) is 11.8 Å². The molecule has 1 aromatic rings. The molecule has 0 saturated heterocycles. The zero-order valence-corrected chi connectivity index (χ0v) is 10.5. The quantitative estimate of drug-likeness (QED) is 0.863. The van der Waals surface area contributed by atoms with E-state index in [2.05, 4.69) is 21.9 Å². The lowest BCUT2D eigenvalue weighted by molar-refractivity contribution is 0.0697. The standard InChI is InChI=1S/C12H12BrNO2/c1-3-7-14(4-2)11-8-9(13)5-6-10(11)12(15)16/h1,5-6,8H,4,7H2,2H3,(H,15,16). The zero-order valence-electron chi connectivity index (χ0n) is 8.90. The van der Waals surface area contributed by atoms with Crippen LogP contribution in [-0.2, 0) is 0 Å². The number of hydrogen-bond acceptors (Lipinski definition) is 2. The SMILES string of the molecule is C#CCN(CC)c1cc(Br)ccc1C(=O)O. The first-order valence-corrected chi connectivity index (χ1v) is 5.60. The fourth-order valence-electron chi connectivity index (χ4n) is 1.42. The third-order valence-corrected chi connectivity index (χ3v) is 2.69. The molecule has 84 valence electrons. The Balaban J connectivity index is 3.23. The Hall–Kier alpha value is -1.47. The van der Waals surface area contributed by atoms with Crippen molar-refractivity contribution < 1.29 is 9.90 Å². The highest BCUT2D eigenvalue weighted by Crippen LogP contribution is 2.25. The van der Waals surface area contributed by atoms with Crippen LogP contribution in [0.15, 0.2) is 22.7 Å². The molecule has 0 unspecified atom stereocenters. The van der Waals surface area contributed by atoms with Crippen LogP contribution >= 0.6 is 15.9 Å². The number of rotatable bonds is 4. The number of hydrogen-bond donors (Lipinski definition) is 1. The summed E-state index contributed by atoms with van der Waals surface area (Å²) in [5.74, 6) is 1.57. The van der Waals surface area contributed by atoms with Gasteiger partial charge in [-0.2, -0.15) is 0 Å². The molecule has 0 heterocycles. The van der Waals surface area contributed by atoms with Crippen molar-refractivity contribution in [3.8, 4) is 12.3 Å². The number of benzene rings is 1. The highest BCUT2D eigenvalue weighted by atomic mass is 79.9. The van der Waals surface area contributed by atoms with Crippen molar-refractivity contribution in [2.24, 2.45) is 0 Å². The minimum absolute atomic E-state index is 0.264. The molecule has 0 radical (unpaired) electrons. The van der Waals surface area contributed by atoms with E-state index in [0.717, 1.165) is 4.47 Å².